The van der Waals surface area contributed by atoms with Crippen LogP contribution in [0.5, 0.6) is 0 Å². The summed E-state index contributed by atoms with van der Waals surface area (Å²) in [5.41, 5.74) is 3.31. The summed E-state index contributed by atoms with van der Waals surface area (Å²) in [5, 5.41) is 6.67. The summed E-state index contributed by atoms with van der Waals surface area (Å²) in [6, 6.07) is 7.09. The van der Waals surface area contributed by atoms with Gasteiger partial charge in [0.2, 0.25) is 0 Å². The van der Waals surface area contributed by atoms with E-state index in [1.165, 1.54) is 6.07 Å². The number of rotatable bonds is 5. The highest BCUT2D eigenvalue weighted by molar-refractivity contribution is 7.59. The molecule has 10 heteroatoms. The van der Waals surface area contributed by atoms with Gasteiger partial charge in [0.15, 0.2) is 5.82 Å². The molecule has 2 saturated heterocycles. The van der Waals surface area contributed by atoms with E-state index in [2.05, 4.69) is 20.6 Å². The zero-order valence-electron chi connectivity index (χ0n) is 17.7. The summed E-state index contributed by atoms with van der Waals surface area (Å²) in [5.74, 6) is 0.351. The van der Waals surface area contributed by atoms with Crippen molar-refractivity contribution < 1.29 is 13.9 Å². The molecule has 2 aromatic heterocycles. The first-order chi connectivity index (χ1) is 15.3. The van der Waals surface area contributed by atoms with Gasteiger partial charge < -0.3 is 25.0 Å². The van der Waals surface area contributed by atoms with Gasteiger partial charge >= 0.3 is 0 Å². The molecule has 3 aromatic rings. The molecule has 2 N–H and O–H groups in total. The third kappa shape index (κ3) is 4.93. The predicted octanol–water partition coefficient (Wildman–Crippen LogP) is 2.18. The number of halogens is 1. The molecule has 1 atom stereocenters. The van der Waals surface area contributed by atoms with Crippen molar-refractivity contribution in [1.29, 1.82) is 0 Å². The molecule has 0 bridgehead atoms. The van der Waals surface area contributed by atoms with E-state index >= 15 is 0 Å². The molecule has 170 valence electrons. The minimum absolute atomic E-state index is 0. The first-order valence-electron chi connectivity index (χ1n) is 10.6. The maximum Gasteiger partial charge on any atom is 0.154 e. The standard InChI is InChI=1S/C22H25FN6O2.H2S/c23-17-11-15(1-2-20(17)29-6-9-30-10-7-29)18-12-19-21(26-4-3-25-19)22(28-18)27-14-16-13-24-5-8-31-16;/h1-4,11-12,16,24H,5-10,13-14H2,(H,27,28);1H2/t16-;/m0./s1. The number of pyridine rings is 1. The minimum Gasteiger partial charge on any atom is -0.378 e. The topological polar surface area (TPSA) is 84.4 Å². The molecule has 5 rings (SSSR count). The fourth-order valence-corrected chi connectivity index (χ4v) is 3.93. The number of hydrogen-bond donors (Lipinski definition) is 2. The highest BCUT2D eigenvalue weighted by Gasteiger charge is 2.18. The van der Waals surface area contributed by atoms with E-state index in [1.807, 2.05) is 23.1 Å². The second-order valence-electron chi connectivity index (χ2n) is 7.62. The Labute approximate surface area is 193 Å². The molecule has 2 fully saturated rings. The van der Waals surface area contributed by atoms with Crippen LogP contribution in [-0.2, 0) is 9.47 Å². The number of hydrogen-bond acceptors (Lipinski definition) is 8. The van der Waals surface area contributed by atoms with Gasteiger partial charge in [-0.3, -0.25) is 4.98 Å². The lowest BCUT2D eigenvalue weighted by Gasteiger charge is -2.29. The number of morpholine rings is 2. The van der Waals surface area contributed by atoms with E-state index in [-0.39, 0.29) is 25.4 Å². The van der Waals surface area contributed by atoms with E-state index in [9.17, 15) is 4.39 Å². The van der Waals surface area contributed by atoms with Crippen LogP contribution in [0.4, 0.5) is 15.9 Å². The smallest absolute Gasteiger partial charge is 0.154 e. The maximum atomic E-state index is 14.9. The lowest BCUT2D eigenvalue weighted by molar-refractivity contribution is 0.0372. The molecular formula is C22H27FN6O2S. The molecule has 4 heterocycles. The fraction of sp³-hybridized carbons (Fsp3) is 0.409. The maximum absolute atomic E-state index is 14.9. The van der Waals surface area contributed by atoms with Crippen molar-refractivity contribution in [2.75, 3.05) is 62.8 Å². The summed E-state index contributed by atoms with van der Waals surface area (Å²) >= 11 is 0. The summed E-state index contributed by atoms with van der Waals surface area (Å²) < 4.78 is 26.1. The fourth-order valence-electron chi connectivity index (χ4n) is 3.93. The van der Waals surface area contributed by atoms with Crippen LogP contribution < -0.4 is 15.5 Å². The quantitative estimate of drug-likeness (QED) is 0.602. The highest BCUT2D eigenvalue weighted by atomic mass is 32.1. The largest absolute Gasteiger partial charge is 0.378 e. The number of ether oxygens (including phenoxy) is 2. The van der Waals surface area contributed by atoms with Gasteiger partial charge in [-0.2, -0.15) is 13.5 Å². The number of anilines is 2. The van der Waals surface area contributed by atoms with Gasteiger partial charge in [-0.1, -0.05) is 6.07 Å². The molecule has 0 amide bonds. The Morgan fingerprint density at radius 1 is 1.12 bits per heavy atom. The molecule has 2 aliphatic rings. The van der Waals surface area contributed by atoms with Crippen LogP contribution in [0.2, 0.25) is 0 Å². The normalized spacial score (nSPS) is 18.9. The van der Waals surface area contributed by atoms with Crippen molar-refractivity contribution in [2.24, 2.45) is 0 Å². The van der Waals surface area contributed by atoms with Crippen LogP contribution in [0, 0.1) is 5.82 Å². The van der Waals surface area contributed by atoms with E-state index < -0.39 is 0 Å². The molecule has 0 spiro atoms. The van der Waals surface area contributed by atoms with Crippen molar-refractivity contribution >= 4 is 36.0 Å². The zero-order valence-corrected chi connectivity index (χ0v) is 18.7. The number of aromatic nitrogens is 3. The van der Waals surface area contributed by atoms with Crippen molar-refractivity contribution in [3.05, 3.63) is 42.5 Å². The zero-order chi connectivity index (χ0) is 21.0. The molecule has 1 aromatic carbocycles. The average Bonchev–Trinajstić information content (AvgIpc) is 2.83. The number of nitrogens with one attached hydrogen (secondary N) is 2. The Morgan fingerprint density at radius 3 is 2.75 bits per heavy atom. The number of nitrogens with zero attached hydrogens (tertiary/aromatic N) is 4. The van der Waals surface area contributed by atoms with Gasteiger partial charge in [-0.15, -0.1) is 0 Å². The van der Waals surface area contributed by atoms with E-state index in [4.69, 9.17) is 14.5 Å². The van der Waals surface area contributed by atoms with Crippen LogP contribution in [0.15, 0.2) is 36.7 Å². The van der Waals surface area contributed by atoms with Crippen LogP contribution in [-0.4, -0.2) is 73.6 Å². The molecule has 32 heavy (non-hydrogen) atoms. The van der Waals surface area contributed by atoms with Gasteiger partial charge in [0.25, 0.3) is 0 Å². The van der Waals surface area contributed by atoms with E-state index in [1.54, 1.807) is 12.4 Å². The minimum atomic E-state index is -0.267. The lowest BCUT2D eigenvalue weighted by Crippen LogP contribution is -2.42. The molecular weight excluding hydrogens is 431 g/mol. The molecule has 0 radical (unpaired) electrons. The van der Waals surface area contributed by atoms with Gasteiger partial charge in [0.05, 0.1) is 42.8 Å². The van der Waals surface area contributed by atoms with Crippen LogP contribution >= 0.6 is 13.5 Å². The first kappa shape index (κ1) is 22.7. The number of fused-ring (bicyclic) bond motifs is 1. The van der Waals surface area contributed by atoms with Gasteiger partial charge in [-0.05, 0) is 18.2 Å². The molecule has 0 unspecified atom stereocenters. The van der Waals surface area contributed by atoms with Crippen LogP contribution in [0.1, 0.15) is 0 Å². The lowest BCUT2D eigenvalue weighted by atomic mass is 10.1. The third-order valence-corrected chi connectivity index (χ3v) is 5.55. The Balaban J connectivity index is 0.00000245. The van der Waals surface area contributed by atoms with E-state index in [0.29, 0.717) is 73.3 Å². The van der Waals surface area contributed by atoms with Crippen LogP contribution in [0.3, 0.4) is 0 Å². The van der Waals surface area contributed by atoms with Crippen molar-refractivity contribution in [1.82, 2.24) is 20.3 Å². The Kier molecular flexibility index (Phi) is 7.36. The monoisotopic (exact) mass is 458 g/mol. The molecule has 0 saturated carbocycles. The van der Waals surface area contributed by atoms with Gasteiger partial charge in [0, 0.05) is 50.7 Å². The highest BCUT2D eigenvalue weighted by Crippen LogP contribution is 2.29. The predicted molar refractivity (Wildman–Crippen MR) is 127 cm³/mol. The molecule has 8 nitrogen and oxygen atoms in total. The third-order valence-electron chi connectivity index (χ3n) is 5.55. The van der Waals surface area contributed by atoms with Crippen molar-refractivity contribution in [2.45, 2.75) is 6.10 Å². The second kappa shape index (κ2) is 10.4. The summed E-state index contributed by atoms with van der Waals surface area (Å²) in [7, 11) is 0. The van der Waals surface area contributed by atoms with Gasteiger partial charge in [-0.25, -0.2) is 14.4 Å². The second-order valence-corrected chi connectivity index (χ2v) is 7.62. The SMILES string of the molecule is Fc1cc(-c2cc3nccnc3c(NC[C@@H]3CNCCO3)n2)ccc1N1CCOCC1.S. The Bertz CT molecular complexity index is 1060. The average molecular weight is 459 g/mol. The number of benzene rings is 1. The molecule has 0 aliphatic carbocycles. The van der Waals surface area contributed by atoms with Crippen LogP contribution in [0.25, 0.3) is 22.3 Å². The Hall–Kier alpha value is -2.53. The van der Waals surface area contributed by atoms with Crippen molar-refractivity contribution in [3.63, 3.8) is 0 Å². The Morgan fingerprint density at radius 2 is 1.97 bits per heavy atom. The summed E-state index contributed by atoms with van der Waals surface area (Å²) in [6.07, 6.45) is 3.34. The van der Waals surface area contributed by atoms with E-state index in [0.717, 1.165) is 13.1 Å². The molecule has 2 aliphatic heterocycles. The summed E-state index contributed by atoms with van der Waals surface area (Å²) in [6.45, 7) is 5.53. The first-order valence-corrected chi connectivity index (χ1v) is 10.6. The summed E-state index contributed by atoms with van der Waals surface area (Å²) in [4.78, 5) is 15.6. The van der Waals surface area contributed by atoms with Gasteiger partial charge in [0.1, 0.15) is 11.3 Å². The van der Waals surface area contributed by atoms with Crippen molar-refractivity contribution in [3.8, 4) is 11.3 Å².